The fourth-order valence-corrected chi connectivity index (χ4v) is 2.28. The van der Waals surface area contributed by atoms with E-state index >= 15 is 0 Å². The van der Waals surface area contributed by atoms with Gasteiger partial charge >= 0.3 is 0 Å². The monoisotopic (exact) mass is 254 g/mol. The van der Waals surface area contributed by atoms with E-state index in [4.69, 9.17) is 0 Å². The minimum Gasteiger partial charge on any atom is -0.356 e. The standard InChI is InChI=1S/C14H30N4/c1-3-4-9-16-14(15-2)17-10-5-6-11-18-12-7-8-13-18/h3-13H2,1-2H3,(H2,15,16,17). The predicted octanol–water partition coefficient (Wildman–Crippen LogP) is 1.83. The second kappa shape index (κ2) is 10.2. The van der Waals surface area contributed by atoms with Crippen molar-refractivity contribution in [3.8, 4) is 0 Å². The Kier molecular flexibility index (Phi) is 8.65. The maximum absolute atomic E-state index is 4.22. The van der Waals surface area contributed by atoms with Crippen molar-refractivity contribution in [2.75, 3.05) is 39.8 Å². The maximum Gasteiger partial charge on any atom is 0.190 e. The van der Waals surface area contributed by atoms with E-state index in [2.05, 4.69) is 27.4 Å². The highest BCUT2D eigenvalue weighted by Crippen LogP contribution is 2.07. The molecular weight excluding hydrogens is 224 g/mol. The van der Waals surface area contributed by atoms with E-state index in [0.29, 0.717) is 0 Å². The minimum atomic E-state index is 0.949. The molecule has 0 aliphatic carbocycles. The third-order valence-electron chi connectivity index (χ3n) is 3.44. The highest BCUT2D eigenvalue weighted by Gasteiger charge is 2.09. The zero-order chi connectivity index (χ0) is 13.1. The lowest BCUT2D eigenvalue weighted by molar-refractivity contribution is 0.330. The van der Waals surface area contributed by atoms with Crippen LogP contribution in [0.3, 0.4) is 0 Å². The molecule has 0 aromatic heterocycles. The molecule has 18 heavy (non-hydrogen) atoms. The molecule has 4 heteroatoms. The van der Waals surface area contributed by atoms with Gasteiger partial charge in [0.05, 0.1) is 0 Å². The van der Waals surface area contributed by atoms with Crippen molar-refractivity contribution in [3.63, 3.8) is 0 Å². The molecule has 1 saturated heterocycles. The number of nitrogens with one attached hydrogen (secondary N) is 2. The van der Waals surface area contributed by atoms with Crippen LogP contribution in [0.4, 0.5) is 0 Å². The highest BCUT2D eigenvalue weighted by molar-refractivity contribution is 5.79. The average Bonchev–Trinajstić information content (AvgIpc) is 2.89. The summed E-state index contributed by atoms with van der Waals surface area (Å²) >= 11 is 0. The largest absolute Gasteiger partial charge is 0.356 e. The zero-order valence-electron chi connectivity index (χ0n) is 12.2. The summed E-state index contributed by atoms with van der Waals surface area (Å²) in [5, 5.41) is 6.70. The van der Waals surface area contributed by atoms with Crippen LogP contribution >= 0.6 is 0 Å². The first-order chi connectivity index (χ1) is 8.86. The number of hydrogen-bond acceptors (Lipinski definition) is 2. The molecule has 0 unspecified atom stereocenters. The lowest BCUT2D eigenvalue weighted by atomic mass is 10.3. The van der Waals surface area contributed by atoms with Gasteiger partial charge in [0.25, 0.3) is 0 Å². The van der Waals surface area contributed by atoms with Crippen molar-refractivity contribution < 1.29 is 0 Å². The van der Waals surface area contributed by atoms with Gasteiger partial charge < -0.3 is 15.5 Å². The second-order valence-corrected chi connectivity index (χ2v) is 5.04. The lowest BCUT2D eigenvalue weighted by Gasteiger charge is -2.15. The van der Waals surface area contributed by atoms with Gasteiger partial charge in [-0.1, -0.05) is 13.3 Å². The van der Waals surface area contributed by atoms with Crippen LogP contribution in [-0.2, 0) is 0 Å². The summed E-state index contributed by atoms with van der Waals surface area (Å²) < 4.78 is 0. The maximum atomic E-state index is 4.22. The van der Waals surface area contributed by atoms with E-state index in [1.807, 2.05) is 7.05 Å². The number of nitrogens with zero attached hydrogens (tertiary/aromatic N) is 2. The zero-order valence-corrected chi connectivity index (χ0v) is 12.2. The Morgan fingerprint density at radius 3 is 2.33 bits per heavy atom. The Bertz CT molecular complexity index is 222. The Hall–Kier alpha value is -0.770. The van der Waals surface area contributed by atoms with Gasteiger partial charge in [0.2, 0.25) is 0 Å². The fourth-order valence-electron chi connectivity index (χ4n) is 2.28. The van der Waals surface area contributed by atoms with E-state index in [-0.39, 0.29) is 0 Å². The molecule has 0 aromatic rings. The molecule has 1 aliphatic rings. The molecule has 0 aromatic carbocycles. The molecule has 1 heterocycles. The molecule has 2 N–H and O–H groups in total. The molecule has 1 rings (SSSR count). The second-order valence-electron chi connectivity index (χ2n) is 5.04. The van der Waals surface area contributed by atoms with Crippen molar-refractivity contribution in [3.05, 3.63) is 0 Å². The van der Waals surface area contributed by atoms with Crippen LogP contribution in [0.25, 0.3) is 0 Å². The molecule has 106 valence electrons. The summed E-state index contributed by atoms with van der Waals surface area (Å²) in [5.41, 5.74) is 0. The van der Waals surface area contributed by atoms with Crippen molar-refractivity contribution in [1.29, 1.82) is 0 Å². The molecule has 0 bridgehead atoms. The molecule has 4 nitrogen and oxygen atoms in total. The topological polar surface area (TPSA) is 39.7 Å². The Labute approximate surface area is 112 Å². The summed E-state index contributed by atoms with van der Waals surface area (Å²) in [7, 11) is 1.84. The first-order valence-corrected chi connectivity index (χ1v) is 7.53. The van der Waals surface area contributed by atoms with Crippen LogP contribution in [0.15, 0.2) is 4.99 Å². The Balaban J connectivity index is 1.94. The van der Waals surface area contributed by atoms with Crippen LogP contribution in [0.5, 0.6) is 0 Å². The first-order valence-electron chi connectivity index (χ1n) is 7.53. The summed E-state index contributed by atoms with van der Waals surface area (Å²) in [4.78, 5) is 6.80. The van der Waals surface area contributed by atoms with Crippen LogP contribution in [0.1, 0.15) is 45.4 Å². The van der Waals surface area contributed by atoms with Gasteiger partial charge in [0.1, 0.15) is 0 Å². The average molecular weight is 254 g/mol. The number of likely N-dealkylation sites (tertiary alicyclic amines) is 1. The SMILES string of the molecule is CCCCNC(=NC)NCCCCN1CCCC1. The summed E-state index contributed by atoms with van der Waals surface area (Å²) in [6.07, 6.45) is 7.73. The van der Waals surface area contributed by atoms with Gasteiger partial charge in [0, 0.05) is 20.1 Å². The quantitative estimate of drug-likeness (QED) is 0.394. The third kappa shape index (κ3) is 6.84. The summed E-state index contributed by atoms with van der Waals surface area (Å²) in [6.45, 7) is 8.14. The Morgan fingerprint density at radius 1 is 1.06 bits per heavy atom. The van der Waals surface area contributed by atoms with Crippen LogP contribution in [0.2, 0.25) is 0 Å². The third-order valence-corrected chi connectivity index (χ3v) is 3.44. The van der Waals surface area contributed by atoms with Crippen LogP contribution < -0.4 is 10.6 Å². The van der Waals surface area contributed by atoms with Gasteiger partial charge in [-0.3, -0.25) is 4.99 Å². The van der Waals surface area contributed by atoms with Gasteiger partial charge in [0.15, 0.2) is 5.96 Å². The first kappa shape index (κ1) is 15.3. The molecule has 1 fully saturated rings. The van der Waals surface area contributed by atoms with E-state index in [1.54, 1.807) is 0 Å². The van der Waals surface area contributed by atoms with Gasteiger partial charge in [-0.25, -0.2) is 0 Å². The smallest absolute Gasteiger partial charge is 0.190 e. The number of hydrogen-bond donors (Lipinski definition) is 2. The fraction of sp³-hybridized carbons (Fsp3) is 0.929. The normalized spacial score (nSPS) is 17.1. The molecule has 0 amide bonds. The summed E-state index contributed by atoms with van der Waals surface area (Å²) in [6, 6.07) is 0. The van der Waals surface area contributed by atoms with Gasteiger partial charge in [-0.05, 0) is 51.7 Å². The molecular formula is C14H30N4. The predicted molar refractivity (Wildman–Crippen MR) is 79.2 cm³/mol. The molecule has 0 saturated carbocycles. The van der Waals surface area contributed by atoms with Crippen molar-refractivity contribution in [1.82, 2.24) is 15.5 Å². The van der Waals surface area contributed by atoms with Gasteiger partial charge in [-0.15, -0.1) is 0 Å². The molecule has 0 spiro atoms. The van der Waals surface area contributed by atoms with Crippen molar-refractivity contribution in [2.45, 2.75) is 45.4 Å². The summed E-state index contributed by atoms with van der Waals surface area (Å²) in [5.74, 6) is 0.949. The number of guanidine groups is 1. The highest BCUT2D eigenvalue weighted by atomic mass is 15.2. The van der Waals surface area contributed by atoms with Crippen LogP contribution in [-0.4, -0.2) is 50.6 Å². The lowest BCUT2D eigenvalue weighted by Crippen LogP contribution is -2.38. The molecule has 1 aliphatic heterocycles. The van der Waals surface area contributed by atoms with Crippen LogP contribution in [0, 0.1) is 0 Å². The van der Waals surface area contributed by atoms with Crippen molar-refractivity contribution >= 4 is 5.96 Å². The molecule has 0 radical (unpaired) electrons. The number of rotatable bonds is 8. The Morgan fingerprint density at radius 2 is 1.72 bits per heavy atom. The number of aliphatic imine (C=N–C) groups is 1. The van der Waals surface area contributed by atoms with E-state index in [1.165, 1.54) is 58.2 Å². The van der Waals surface area contributed by atoms with E-state index in [0.717, 1.165) is 19.0 Å². The van der Waals surface area contributed by atoms with Crippen molar-refractivity contribution in [2.24, 2.45) is 4.99 Å². The van der Waals surface area contributed by atoms with E-state index in [9.17, 15) is 0 Å². The van der Waals surface area contributed by atoms with Gasteiger partial charge in [-0.2, -0.15) is 0 Å². The van der Waals surface area contributed by atoms with E-state index < -0.39 is 0 Å². The minimum absolute atomic E-state index is 0.949. The number of unbranched alkanes of at least 4 members (excludes halogenated alkanes) is 2. The molecule has 0 atom stereocenters.